The minimum absolute atomic E-state index is 0.00248. The van der Waals surface area contributed by atoms with Crippen LogP contribution >= 0.6 is 0 Å². The lowest BCUT2D eigenvalue weighted by atomic mass is 9.82. The number of fused-ring (bicyclic) bond motifs is 1. The summed E-state index contributed by atoms with van der Waals surface area (Å²) >= 11 is 0. The molecule has 0 saturated carbocycles. The molecule has 3 N–H and O–H groups in total. The number of aromatic nitrogens is 2. The van der Waals surface area contributed by atoms with Crippen molar-refractivity contribution in [2.45, 2.75) is 53.0 Å². The predicted octanol–water partition coefficient (Wildman–Crippen LogP) is 3.87. The summed E-state index contributed by atoms with van der Waals surface area (Å²) in [6.07, 6.45) is 0.981. The number of aliphatic hydroxyl groups excluding tert-OH is 1. The largest absolute Gasteiger partial charge is 0.487 e. The number of nitrogens with zero attached hydrogens (tertiary/aromatic N) is 2. The molecule has 0 radical (unpaired) electrons. The fourth-order valence-corrected chi connectivity index (χ4v) is 3.04. The Labute approximate surface area is 160 Å². The maximum Gasteiger partial charge on any atom is 0.147 e. The van der Waals surface area contributed by atoms with Crippen LogP contribution in [0.4, 0.5) is 0 Å². The summed E-state index contributed by atoms with van der Waals surface area (Å²) in [5.41, 5.74) is 9.07. The third-order valence-corrected chi connectivity index (χ3v) is 5.51. The van der Waals surface area contributed by atoms with Gasteiger partial charge in [-0.1, -0.05) is 63.2 Å². The van der Waals surface area contributed by atoms with E-state index in [1.807, 2.05) is 53.2 Å². The first kappa shape index (κ1) is 19.4. The molecule has 1 heterocycles. The smallest absolute Gasteiger partial charge is 0.147 e. The number of hydrogen-bond acceptors (Lipinski definition) is 4. The van der Waals surface area contributed by atoms with Crippen molar-refractivity contribution in [1.82, 2.24) is 9.78 Å². The van der Waals surface area contributed by atoms with Crippen LogP contribution in [0.2, 0.25) is 0 Å². The van der Waals surface area contributed by atoms with Crippen molar-refractivity contribution in [3.8, 4) is 5.75 Å². The van der Waals surface area contributed by atoms with Gasteiger partial charge in [0.15, 0.2) is 0 Å². The molecule has 27 heavy (non-hydrogen) atoms. The van der Waals surface area contributed by atoms with Crippen LogP contribution in [-0.4, -0.2) is 20.9 Å². The third kappa shape index (κ3) is 4.15. The van der Waals surface area contributed by atoms with Gasteiger partial charge >= 0.3 is 0 Å². The highest BCUT2D eigenvalue weighted by molar-refractivity contribution is 5.87. The second-order valence-electron chi connectivity index (χ2n) is 7.66. The van der Waals surface area contributed by atoms with Crippen molar-refractivity contribution in [3.05, 3.63) is 59.8 Å². The molecule has 0 saturated heterocycles. The summed E-state index contributed by atoms with van der Waals surface area (Å²) in [5, 5.41) is 15.6. The molecule has 0 fully saturated rings. The van der Waals surface area contributed by atoms with Crippen molar-refractivity contribution in [3.63, 3.8) is 0 Å². The highest BCUT2D eigenvalue weighted by atomic mass is 16.5. The highest BCUT2D eigenvalue weighted by Gasteiger charge is 2.26. The fourth-order valence-electron chi connectivity index (χ4n) is 3.04. The Morgan fingerprint density at radius 1 is 1.15 bits per heavy atom. The molecule has 1 aromatic heterocycles. The maximum atomic E-state index is 9.93. The fraction of sp³-hybridized carbons (Fsp3) is 0.409. The lowest BCUT2D eigenvalue weighted by molar-refractivity contribution is 0.230. The molecule has 0 aliphatic rings. The topological polar surface area (TPSA) is 73.3 Å². The molecule has 144 valence electrons. The molecule has 5 heteroatoms. The van der Waals surface area contributed by atoms with E-state index in [1.54, 1.807) is 0 Å². The van der Waals surface area contributed by atoms with E-state index in [0.29, 0.717) is 18.9 Å². The Hall–Kier alpha value is -2.37. The molecule has 1 unspecified atom stereocenters. The molecule has 0 bridgehead atoms. The molecule has 0 aliphatic heterocycles. The summed E-state index contributed by atoms with van der Waals surface area (Å²) in [7, 11) is 0. The molecule has 0 spiro atoms. The maximum absolute atomic E-state index is 9.93. The lowest BCUT2D eigenvalue weighted by Gasteiger charge is -2.30. The molecule has 2 aromatic carbocycles. The van der Waals surface area contributed by atoms with Crippen molar-refractivity contribution in [2.75, 3.05) is 0 Å². The number of rotatable bonds is 8. The predicted molar refractivity (Wildman–Crippen MR) is 108 cm³/mol. The molecular weight excluding hydrogens is 338 g/mol. The van der Waals surface area contributed by atoms with Crippen LogP contribution in [0.3, 0.4) is 0 Å². The van der Waals surface area contributed by atoms with Crippen LogP contribution < -0.4 is 10.5 Å². The monoisotopic (exact) mass is 367 g/mol. The Morgan fingerprint density at radius 3 is 2.56 bits per heavy atom. The van der Waals surface area contributed by atoms with E-state index in [9.17, 15) is 5.11 Å². The van der Waals surface area contributed by atoms with Crippen LogP contribution in [0.15, 0.2) is 48.5 Å². The van der Waals surface area contributed by atoms with Crippen molar-refractivity contribution in [2.24, 2.45) is 11.1 Å². The van der Waals surface area contributed by atoms with Gasteiger partial charge in [0.25, 0.3) is 0 Å². The quantitative estimate of drug-likeness (QED) is 0.634. The summed E-state index contributed by atoms with van der Waals surface area (Å²) in [5.74, 6) is 0.716. The second-order valence-corrected chi connectivity index (χ2v) is 7.66. The van der Waals surface area contributed by atoms with E-state index in [4.69, 9.17) is 15.6 Å². The Balaban J connectivity index is 1.90. The van der Waals surface area contributed by atoms with Crippen LogP contribution in [-0.2, 0) is 19.8 Å². The summed E-state index contributed by atoms with van der Waals surface area (Å²) < 4.78 is 7.86. The van der Waals surface area contributed by atoms with Gasteiger partial charge in [0.05, 0.1) is 18.8 Å². The zero-order chi connectivity index (χ0) is 19.4. The van der Waals surface area contributed by atoms with E-state index < -0.39 is 0 Å². The number of nitrogens with two attached hydrogens (primary N) is 1. The van der Waals surface area contributed by atoms with Gasteiger partial charge in [-0.15, -0.1) is 0 Å². The van der Waals surface area contributed by atoms with Gasteiger partial charge in [-0.25, -0.2) is 0 Å². The average Bonchev–Trinajstić information content (AvgIpc) is 3.04. The zero-order valence-corrected chi connectivity index (χ0v) is 16.4. The van der Waals surface area contributed by atoms with Crippen LogP contribution in [0.5, 0.6) is 5.75 Å². The first-order valence-corrected chi connectivity index (χ1v) is 9.48. The molecular formula is C22H29N3O2. The van der Waals surface area contributed by atoms with Gasteiger partial charge in [0.2, 0.25) is 0 Å². The van der Waals surface area contributed by atoms with Gasteiger partial charge in [0, 0.05) is 11.4 Å². The van der Waals surface area contributed by atoms with Gasteiger partial charge in [0.1, 0.15) is 17.9 Å². The van der Waals surface area contributed by atoms with E-state index >= 15 is 0 Å². The standard InChI is InChI=1S/C22H29N3O2/c1-4-22(2,3)20(23)13-25-18(14-26)17-11-8-12-19(21(17)24-25)27-15-16-9-6-5-7-10-16/h5-12,20,26H,4,13-15,23H2,1-3H3. The number of ether oxygens (including phenoxy) is 1. The number of aliphatic hydroxyl groups is 1. The average molecular weight is 367 g/mol. The summed E-state index contributed by atoms with van der Waals surface area (Å²) in [6.45, 7) is 7.41. The number of benzene rings is 2. The first-order valence-electron chi connectivity index (χ1n) is 9.48. The third-order valence-electron chi connectivity index (χ3n) is 5.51. The van der Waals surface area contributed by atoms with E-state index in [-0.39, 0.29) is 18.1 Å². The Morgan fingerprint density at radius 2 is 1.89 bits per heavy atom. The van der Waals surface area contributed by atoms with Gasteiger partial charge in [-0.05, 0) is 23.5 Å². The van der Waals surface area contributed by atoms with Crippen LogP contribution in [0.25, 0.3) is 10.9 Å². The minimum atomic E-state index is -0.0854. The molecule has 0 aliphatic carbocycles. The van der Waals surface area contributed by atoms with Crippen molar-refractivity contribution in [1.29, 1.82) is 0 Å². The van der Waals surface area contributed by atoms with Crippen molar-refractivity contribution >= 4 is 10.9 Å². The number of hydrogen-bond donors (Lipinski definition) is 2. The summed E-state index contributed by atoms with van der Waals surface area (Å²) in [4.78, 5) is 0. The van der Waals surface area contributed by atoms with Crippen molar-refractivity contribution < 1.29 is 9.84 Å². The van der Waals surface area contributed by atoms with Gasteiger partial charge in [-0.2, -0.15) is 5.10 Å². The van der Waals surface area contributed by atoms with Crippen LogP contribution in [0.1, 0.15) is 38.4 Å². The molecule has 1 atom stereocenters. The van der Waals surface area contributed by atoms with E-state index in [2.05, 4.69) is 20.8 Å². The normalized spacial score (nSPS) is 13.1. The SMILES string of the molecule is CCC(C)(C)C(N)Cn1nc2c(OCc3ccccc3)cccc2c1CO. The Bertz CT molecular complexity index is 887. The highest BCUT2D eigenvalue weighted by Crippen LogP contribution is 2.30. The van der Waals surface area contributed by atoms with Crippen LogP contribution in [0, 0.1) is 5.41 Å². The summed E-state index contributed by atoms with van der Waals surface area (Å²) in [6, 6.07) is 15.8. The van der Waals surface area contributed by atoms with E-state index in [1.165, 1.54) is 0 Å². The lowest BCUT2D eigenvalue weighted by Crippen LogP contribution is -2.41. The van der Waals surface area contributed by atoms with E-state index in [0.717, 1.165) is 28.6 Å². The minimum Gasteiger partial charge on any atom is -0.487 e. The molecule has 3 rings (SSSR count). The molecule has 0 amide bonds. The first-order chi connectivity index (χ1) is 13.0. The zero-order valence-electron chi connectivity index (χ0n) is 16.4. The molecule has 5 nitrogen and oxygen atoms in total. The molecule has 3 aromatic rings. The Kier molecular flexibility index (Phi) is 5.82. The second kappa shape index (κ2) is 8.11. The van der Waals surface area contributed by atoms with Gasteiger partial charge < -0.3 is 15.6 Å². The van der Waals surface area contributed by atoms with Gasteiger partial charge in [-0.3, -0.25) is 4.68 Å².